The highest BCUT2D eigenvalue weighted by atomic mass is 35.5. The summed E-state index contributed by atoms with van der Waals surface area (Å²) in [7, 11) is 0. The average Bonchev–Trinajstić information content (AvgIpc) is 2.95. The van der Waals surface area contributed by atoms with Crippen LogP contribution >= 0.6 is 47.2 Å². The van der Waals surface area contributed by atoms with Crippen molar-refractivity contribution in [2.75, 3.05) is 18.1 Å². The third-order valence-corrected chi connectivity index (χ3v) is 5.70. The number of carbonyl (C=O) groups excluding carboxylic acids is 1. The molecule has 2 aromatic carbocycles. The maximum absolute atomic E-state index is 12.9. The molecule has 1 N–H and O–H groups in total. The Kier molecular flexibility index (Phi) is 7.25. The fourth-order valence-electron chi connectivity index (χ4n) is 2.63. The first-order valence-corrected chi connectivity index (χ1v) is 10.6. The van der Waals surface area contributed by atoms with E-state index in [4.69, 9.17) is 50.0 Å². The first-order valence-electron chi connectivity index (χ1n) is 8.64. The van der Waals surface area contributed by atoms with E-state index in [0.29, 0.717) is 48.6 Å². The molecular weight excluding hydrogens is 469 g/mol. The number of thioether (sulfide) groups is 1. The second-order valence-corrected chi connectivity index (χ2v) is 8.45. The molecule has 6 nitrogen and oxygen atoms in total. The number of halogens is 2. The van der Waals surface area contributed by atoms with Crippen LogP contribution in [-0.2, 0) is 9.59 Å². The van der Waals surface area contributed by atoms with Crippen molar-refractivity contribution < 1.29 is 24.2 Å². The molecule has 3 rings (SSSR count). The highest BCUT2D eigenvalue weighted by molar-refractivity contribution is 8.27. The number of ether oxygens (including phenoxy) is 2. The van der Waals surface area contributed by atoms with Crippen LogP contribution in [0.5, 0.6) is 11.5 Å². The summed E-state index contributed by atoms with van der Waals surface area (Å²) >= 11 is 18.7. The lowest BCUT2D eigenvalue weighted by atomic mass is 10.1. The van der Waals surface area contributed by atoms with Gasteiger partial charge in [-0.3, -0.25) is 9.69 Å². The maximum atomic E-state index is 12.9. The minimum atomic E-state index is -1.09. The number of nitrogens with zero attached hydrogens (tertiary/aromatic N) is 1. The second-order valence-electron chi connectivity index (χ2n) is 5.93. The summed E-state index contributed by atoms with van der Waals surface area (Å²) in [5.74, 6) is -0.718. The molecule has 30 heavy (non-hydrogen) atoms. The Morgan fingerprint density at radius 1 is 1.20 bits per heavy atom. The molecule has 1 heterocycles. The predicted octanol–water partition coefficient (Wildman–Crippen LogP) is 5.26. The number of thiocarbonyl (C=S) groups is 1. The van der Waals surface area contributed by atoms with E-state index in [9.17, 15) is 9.59 Å². The number of anilines is 1. The van der Waals surface area contributed by atoms with Crippen molar-refractivity contribution in [2.45, 2.75) is 6.92 Å². The van der Waals surface area contributed by atoms with Crippen LogP contribution < -0.4 is 14.4 Å². The number of carbonyl (C=O) groups is 2. The van der Waals surface area contributed by atoms with Crippen molar-refractivity contribution in [1.82, 2.24) is 0 Å². The number of hydrogen-bond acceptors (Lipinski definition) is 6. The molecule has 1 amide bonds. The van der Waals surface area contributed by atoms with Crippen molar-refractivity contribution in [3.63, 3.8) is 0 Å². The topological polar surface area (TPSA) is 76.1 Å². The quantitative estimate of drug-likeness (QED) is 0.424. The SMILES string of the molecule is CCOc1cc(/C=C2\SC(=S)N(c3ccc(Cl)cc3Cl)C2=O)ccc1OCC(=O)O. The highest BCUT2D eigenvalue weighted by Gasteiger charge is 2.34. The summed E-state index contributed by atoms with van der Waals surface area (Å²) in [6.45, 7) is 1.68. The lowest BCUT2D eigenvalue weighted by molar-refractivity contribution is -0.139. The fourth-order valence-corrected chi connectivity index (χ4v) is 4.41. The van der Waals surface area contributed by atoms with E-state index < -0.39 is 12.6 Å². The molecule has 0 saturated carbocycles. The standard InChI is InChI=1S/C20H15Cl2NO5S2/c1-2-27-16-7-11(3-6-15(16)28-10-18(24)25)8-17-19(26)23(20(29)30-17)14-5-4-12(21)9-13(14)22/h3-9H,2,10H2,1H3,(H,24,25)/b17-8-. The van der Waals surface area contributed by atoms with Crippen LogP contribution in [0.4, 0.5) is 5.69 Å². The van der Waals surface area contributed by atoms with Gasteiger partial charge in [-0.25, -0.2) is 4.79 Å². The Hall–Kier alpha value is -2.26. The zero-order chi connectivity index (χ0) is 21.8. The molecule has 0 aromatic heterocycles. The lowest BCUT2D eigenvalue weighted by Crippen LogP contribution is -2.27. The summed E-state index contributed by atoms with van der Waals surface area (Å²) in [5.41, 5.74) is 1.13. The smallest absolute Gasteiger partial charge is 0.341 e. The molecule has 0 radical (unpaired) electrons. The number of aliphatic carboxylic acids is 1. The normalized spacial score (nSPS) is 15.0. The molecule has 156 valence electrons. The van der Waals surface area contributed by atoms with Crippen LogP contribution in [0.1, 0.15) is 12.5 Å². The van der Waals surface area contributed by atoms with Gasteiger partial charge in [0.15, 0.2) is 22.4 Å². The van der Waals surface area contributed by atoms with Crippen LogP contribution in [-0.4, -0.2) is 34.5 Å². The van der Waals surface area contributed by atoms with Gasteiger partial charge in [0.1, 0.15) is 0 Å². The monoisotopic (exact) mass is 483 g/mol. The molecule has 0 unspecified atom stereocenters. The number of hydrogen-bond donors (Lipinski definition) is 1. The van der Waals surface area contributed by atoms with Crippen LogP contribution in [0.25, 0.3) is 6.08 Å². The molecule has 0 aliphatic carbocycles. The van der Waals surface area contributed by atoms with Gasteiger partial charge < -0.3 is 14.6 Å². The predicted molar refractivity (Wildman–Crippen MR) is 123 cm³/mol. The summed E-state index contributed by atoms with van der Waals surface area (Å²) in [6.07, 6.45) is 1.67. The molecule has 0 bridgehead atoms. The lowest BCUT2D eigenvalue weighted by Gasteiger charge is -2.16. The summed E-state index contributed by atoms with van der Waals surface area (Å²) in [4.78, 5) is 25.5. The molecule has 1 aliphatic rings. The van der Waals surface area contributed by atoms with Crippen LogP contribution in [0.3, 0.4) is 0 Å². The van der Waals surface area contributed by atoms with Crippen LogP contribution in [0.15, 0.2) is 41.3 Å². The van der Waals surface area contributed by atoms with E-state index in [2.05, 4.69) is 0 Å². The van der Waals surface area contributed by atoms with Gasteiger partial charge in [-0.2, -0.15) is 0 Å². The van der Waals surface area contributed by atoms with Crippen molar-refractivity contribution in [1.29, 1.82) is 0 Å². The number of carboxylic acids is 1. The molecule has 2 aromatic rings. The average molecular weight is 484 g/mol. The number of amides is 1. The molecule has 1 aliphatic heterocycles. The molecule has 0 spiro atoms. The van der Waals surface area contributed by atoms with E-state index in [1.165, 1.54) is 4.90 Å². The first-order chi connectivity index (χ1) is 14.3. The Balaban J connectivity index is 1.89. The first kappa shape index (κ1) is 22.4. The van der Waals surface area contributed by atoms with Crippen LogP contribution in [0, 0.1) is 0 Å². The van der Waals surface area contributed by atoms with Crippen molar-refractivity contribution >= 4 is 75.1 Å². The Morgan fingerprint density at radius 3 is 2.63 bits per heavy atom. The van der Waals surface area contributed by atoms with E-state index >= 15 is 0 Å². The minimum Gasteiger partial charge on any atom is -0.490 e. The zero-order valence-electron chi connectivity index (χ0n) is 15.6. The minimum absolute atomic E-state index is 0.303. The molecule has 10 heteroatoms. The molecular formula is C20H15Cl2NO5S2. The summed E-state index contributed by atoms with van der Waals surface area (Å²) in [5, 5.41) is 9.57. The van der Waals surface area contributed by atoms with E-state index in [1.54, 1.807) is 49.4 Å². The van der Waals surface area contributed by atoms with Gasteiger partial charge in [-0.15, -0.1) is 0 Å². The van der Waals surface area contributed by atoms with Gasteiger partial charge >= 0.3 is 5.97 Å². The highest BCUT2D eigenvalue weighted by Crippen LogP contribution is 2.40. The Bertz CT molecular complexity index is 1060. The van der Waals surface area contributed by atoms with Gasteiger partial charge in [0.25, 0.3) is 5.91 Å². The van der Waals surface area contributed by atoms with Gasteiger partial charge in [0.2, 0.25) is 0 Å². The number of rotatable bonds is 7. The third-order valence-electron chi connectivity index (χ3n) is 3.86. The fraction of sp³-hybridized carbons (Fsp3) is 0.150. The summed E-state index contributed by atoms with van der Waals surface area (Å²) < 4.78 is 11.1. The van der Waals surface area contributed by atoms with Gasteiger partial charge in [0.05, 0.1) is 22.2 Å². The third kappa shape index (κ3) is 5.07. The Morgan fingerprint density at radius 2 is 1.97 bits per heavy atom. The molecule has 1 saturated heterocycles. The summed E-state index contributed by atoms with van der Waals surface area (Å²) in [6, 6.07) is 9.78. The van der Waals surface area contributed by atoms with Gasteiger partial charge in [0, 0.05) is 5.02 Å². The zero-order valence-corrected chi connectivity index (χ0v) is 18.7. The van der Waals surface area contributed by atoms with Crippen molar-refractivity contribution in [2.24, 2.45) is 0 Å². The van der Waals surface area contributed by atoms with Gasteiger partial charge in [-0.05, 0) is 48.9 Å². The van der Waals surface area contributed by atoms with Crippen LogP contribution in [0.2, 0.25) is 10.0 Å². The maximum Gasteiger partial charge on any atom is 0.341 e. The van der Waals surface area contributed by atoms with E-state index in [-0.39, 0.29) is 5.91 Å². The second kappa shape index (κ2) is 9.70. The molecule has 1 fully saturated rings. The van der Waals surface area contributed by atoms with E-state index in [0.717, 1.165) is 11.8 Å². The number of carboxylic acid groups (broad SMARTS) is 1. The van der Waals surface area contributed by atoms with Crippen molar-refractivity contribution in [3.05, 3.63) is 56.9 Å². The largest absolute Gasteiger partial charge is 0.490 e. The van der Waals surface area contributed by atoms with E-state index in [1.807, 2.05) is 0 Å². The van der Waals surface area contributed by atoms with Gasteiger partial charge in [-0.1, -0.05) is 53.2 Å². The Labute approximate surface area is 192 Å². The molecule has 0 atom stereocenters. The van der Waals surface area contributed by atoms with Crippen molar-refractivity contribution in [3.8, 4) is 11.5 Å². The number of benzene rings is 2.